The van der Waals surface area contributed by atoms with E-state index in [-0.39, 0.29) is 0 Å². The predicted octanol–water partition coefficient (Wildman–Crippen LogP) is 2.62. The molecule has 0 bridgehead atoms. The summed E-state index contributed by atoms with van der Waals surface area (Å²) in [6, 6.07) is 1.94. The van der Waals surface area contributed by atoms with Crippen molar-refractivity contribution >= 4 is 23.1 Å². The molecule has 2 heterocycles. The Hall–Kier alpha value is -0.960. The highest BCUT2D eigenvalue weighted by Gasteiger charge is 2.18. The second-order valence-electron chi connectivity index (χ2n) is 4.29. The van der Waals surface area contributed by atoms with Crippen LogP contribution in [0.25, 0.3) is 0 Å². The molecule has 2 rings (SSSR count). The van der Waals surface area contributed by atoms with Gasteiger partial charge in [-0.1, -0.05) is 25.4 Å². The second kappa shape index (κ2) is 4.27. The third-order valence-electron chi connectivity index (χ3n) is 2.42. The molecule has 1 aromatic heterocycles. The SMILES string of the molecule is CC(C)CN1CCNc2cc(Cl)cnc21. The first-order valence-corrected chi connectivity index (χ1v) is 5.69. The molecular formula is C11H16ClN3. The Bertz CT molecular complexity index is 352. The van der Waals surface area contributed by atoms with Gasteiger partial charge in [0, 0.05) is 25.8 Å². The average molecular weight is 226 g/mol. The highest BCUT2D eigenvalue weighted by Crippen LogP contribution is 2.29. The van der Waals surface area contributed by atoms with Gasteiger partial charge >= 0.3 is 0 Å². The molecule has 0 aromatic carbocycles. The Morgan fingerprint density at radius 3 is 3.13 bits per heavy atom. The summed E-state index contributed by atoms with van der Waals surface area (Å²) in [5, 5.41) is 4.01. The highest BCUT2D eigenvalue weighted by atomic mass is 35.5. The molecule has 0 radical (unpaired) electrons. The Morgan fingerprint density at radius 1 is 1.60 bits per heavy atom. The molecule has 0 spiro atoms. The van der Waals surface area contributed by atoms with E-state index >= 15 is 0 Å². The number of hydrogen-bond donors (Lipinski definition) is 1. The summed E-state index contributed by atoms with van der Waals surface area (Å²) in [6.45, 7) is 7.46. The van der Waals surface area contributed by atoms with Crippen molar-refractivity contribution in [3.63, 3.8) is 0 Å². The van der Waals surface area contributed by atoms with Gasteiger partial charge in [0.05, 0.1) is 10.7 Å². The van der Waals surface area contributed by atoms with Gasteiger partial charge in [-0.15, -0.1) is 0 Å². The zero-order valence-corrected chi connectivity index (χ0v) is 9.88. The lowest BCUT2D eigenvalue weighted by atomic mass is 10.2. The van der Waals surface area contributed by atoms with Crippen LogP contribution in [0.4, 0.5) is 11.5 Å². The Kier molecular flexibility index (Phi) is 3.00. The number of nitrogens with one attached hydrogen (secondary N) is 1. The van der Waals surface area contributed by atoms with Crippen LogP contribution in [-0.4, -0.2) is 24.6 Å². The van der Waals surface area contributed by atoms with Crippen molar-refractivity contribution < 1.29 is 0 Å². The maximum Gasteiger partial charge on any atom is 0.152 e. The summed E-state index contributed by atoms with van der Waals surface area (Å²) in [6.07, 6.45) is 1.71. The van der Waals surface area contributed by atoms with Crippen molar-refractivity contribution in [2.24, 2.45) is 5.92 Å². The molecule has 1 N–H and O–H groups in total. The quantitative estimate of drug-likeness (QED) is 0.839. The van der Waals surface area contributed by atoms with Crippen LogP contribution in [-0.2, 0) is 0 Å². The molecule has 1 aromatic rings. The molecule has 0 aliphatic carbocycles. The fraction of sp³-hybridized carbons (Fsp3) is 0.545. The van der Waals surface area contributed by atoms with E-state index in [1.165, 1.54) is 0 Å². The van der Waals surface area contributed by atoms with E-state index in [1.807, 2.05) is 6.07 Å². The van der Waals surface area contributed by atoms with Crippen LogP contribution in [0.1, 0.15) is 13.8 Å². The van der Waals surface area contributed by atoms with E-state index in [4.69, 9.17) is 11.6 Å². The van der Waals surface area contributed by atoms with Crippen molar-refractivity contribution in [2.75, 3.05) is 29.9 Å². The van der Waals surface area contributed by atoms with Gasteiger partial charge in [0.15, 0.2) is 5.82 Å². The van der Waals surface area contributed by atoms with E-state index in [1.54, 1.807) is 6.20 Å². The number of rotatable bonds is 2. The maximum absolute atomic E-state index is 5.91. The lowest BCUT2D eigenvalue weighted by molar-refractivity contribution is 0.605. The molecule has 0 fully saturated rings. The molecule has 82 valence electrons. The number of fused-ring (bicyclic) bond motifs is 1. The lowest BCUT2D eigenvalue weighted by Crippen LogP contribution is -2.37. The summed E-state index contributed by atoms with van der Waals surface area (Å²) < 4.78 is 0. The number of nitrogens with zero attached hydrogens (tertiary/aromatic N) is 2. The molecule has 0 atom stereocenters. The minimum absolute atomic E-state index is 0.647. The third kappa shape index (κ3) is 2.34. The van der Waals surface area contributed by atoms with Crippen LogP contribution in [0.2, 0.25) is 5.02 Å². The zero-order valence-electron chi connectivity index (χ0n) is 9.13. The van der Waals surface area contributed by atoms with Crippen LogP contribution in [0.3, 0.4) is 0 Å². The highest BCUT2D eigenvalue weighted by molar-refractivity contribution is 6.30. The van der Waals surface area contributed by atoms with Crippen molar-refractivity contribution in [1.82, 2.24) is 4.98 Å². The fourth-order valence-corrected chi connectivity index (χ4v) is 2.02. The van der Waals surface area contributed by atoms with Crippen molar-refractivity contribution in [3.05, 3.63) is 17.3 Å². The summed E-state index contributed by atoms with van der Waals surface area (Å²) in [5.41, 5.74) is 1.05. The monoisotopic (exact) mass is 225 g/mol. The molecule has 0 amide bonds. The molecule has 0 unspecified atom stereocenters. The van der Waals surface area contributed by atoms with E-state index in [2.05, 4.69) is 29.0 Å². The number of halogens is 1. The van der Waals surface area contributed by atoms with Crippen LogP contribution in [0.5, 0.6) is 0 Å². The van der Waals surface area contributed by atoms with Crippen LogP contribution in [0, 0.1) is 5.92 Å². The molecule has 4 heteroatoms. The largest absolute Gasteiger partial charge is 0.380 e. The first-order valence-electron chi connectivity index (χ1n) is 5.31. The number of aromatic nitrogens is 1. The number of pyridine rings is 1. The standard InChI is InChI=1S/C11H16ClN3/c1-8(2)7-15-4-3-13-10-5-9(12)6-14-11(10)15/h5-6,8,13H,3-4,7H2,1-2H3. The van der Waals surface area contributed by atoms with Gasteiger partial charge in [0.25, 0.3) is 0 Å². The van der Waals surface area contributed by atoms with Crippen LogP contribution < -0.4 is 10.2 Å². The summed E-state index contributed by atoms with van der Waals surface area (Å²) in [4.78, 5) is 6.70. The topological polar surface area (TPSA) is 28.2 Å². The lowest BCUT2D eigenvalue weighted by Gasteiger charge is -2.32. The van der Waals surface area contributed by atoms with Gasteiger partial charge in [-0.05, 0) is 12.0 Å². The smallest absolute Gasteiger partial charge is 0.152 e. The second-order valence-corrected chi connectivity index (χ2v) is 4.73. The normalized spacial score (nSPS) is 15.1. The summed E-state index contributed by atoms with van der Waals surface area (Å²) in [7, 11) is 0. The van der Waals surface area contributed by atoms with Crippen molar-refractivity contribution in [1.29, 1.82) is 0 Å². The van der Waals surface area contributed by atoms with E-state index < -0.39 is 0 Å². The maximum atomic E-state index is 5.91. The van der Waals surface area contributed by atoms with E-state index in [0.717, 1.165) is 31.1 Å². The Balaban J connectivity index is 2.26. The molecule has 1 aliphatic heterocycles. The Labute approximate surface area is 95.4 Å². The van der Waals surface area contributed by atoms with E-state index in [0.29, 0.717) is 10.9 Å². The van der Waals surface area contributed by atoms with Gasteiger partial charge in [0.1, 0.15) is 0 Å². The first kappa shape index (κ1) is 10.6. The number of hydrogen-bond acceptors (Lipinski definition) is 3. The third-order valence-corrected chi connectivity index (χ3v) is 2.62. The summed E-state index contributed by atoms with van der Waals surface area (Å²) >= 11 is 5.91. The van der Waals surface area contributed by atoms with Crippen molar-refractivity contribution in [3.8, 4) is 0 Å². The molecular weight excluding hydrogens is 210 g/mol. The van der Waals surface area contributed by atoms with Gasteiger partial charge in [0.2, 0.25) is 0 Å². The van der Waals surface area contributed by atoms with Crippen molar-refractivity contribution in [2.45, 2.75) is 13.8 Å². The van der Waals surface area contributed by atoms with Crippen LogP contribution in [0.15, 0.2) is 12.3 Å². The summed E-state index contributed by atoms with van der Waals surface area (Å²) in [5.74, 6) is 1.67. The Morgan fingerprint density at radius 2 is 2.40 bits per heavy atom. The molecule has 0 saturated carbocycles. The zero-order chi connectivity index (χ0) is 10.8. The average Bonchev–Trinajstić information content (AvgIpc) is 2.16. The van der Waals surface area contributed by atoms with Crippen LogP contribution >= 0.6 is 11.6 Å². The molecule has 3 nitrogen and oxygen atoms in total. The van der Waals surface area contributed by atoms with E-state index in [9.17, 15) is 0 Å². The van der Waals surface area contributed by atoms with Gasteiger partial charge in [-0.2, -0.15) is 0 Å². The molecule has 15 heavy (non-hydrogen) atoms. The van der Waals surface area contributed by atoms with Gasteiger partial charge in [-0.3, -0.25) is 0 Å². The molecule has 0 saturated heterocycles. The first-order chi connectivity index (χ1) is 7.16. The minimum Gasteiger partial charge on any atom is -0.380 e. The number of anilines is 2. The minimum atomic E-state index is 0.647. The van der Waals surface area contributed by atoms with Gasteiger partial charge < -0.3 is 10.2 Å². The fourth-order valence-electron chi connectivity index (χ4n) is 1.86. The van der Waals surface area contributed by atoms with Gasteiger partial charge in [-0.25, -0.2) is 4.98 Å². The predicted molar refractivity (Wildman–Crippen MR) is 64.8 cm³/mol. The molecule has 1 aliphatic rings.